The summed E-state index contributed by atoms with van der Waals surface area (Å²) in [6.07, 6.45) is 0.627. The quantitative estimate of drug-likeness (QED) is 0.462. The zero-order valence-corrected chi connectivity index (χ0v) is 8.58. The fourth-order valence-electron chi connectivity index (χ4n) is 0.909. The molecule has 0 amide bonds. The Bertz CT molecular complexity index is 193. The van der Waals surface area contributed by atoms with E-state index >= 15 is 0 Å². The maximum atomic E-state index is 11.1. The summed E-state index contributed by atoms with van der Waals surface area (Å²) in [5, 5.41) is 11.2. The summed E-state index contributed by atoms with van der Waals surface area (Å²) in [6, 6.07) is -0.372. The molecule has 0 aliphatic carbocycles. The molecule has 0 saturated heterocycles. The molecular weight excluding hydrogens is 186 g/mol. The summed E-state index contributed by atoms with van der Waals surface area (Å²) < 4.78 is 4.76. The van der Waals surface area contributed by atoms with Gasteiger partial charge in [-0.25, -0.2) is 0 Å². The van der Waals surface area contributed by atoms with Crippen molar-refractivity contribution in [1.82, 2.24) is 5.32 Å². The first-order valence-electron chi connectivity index (χ1n) is 4.69. The minimum absolute atomic E-state index is 0.114. The molecular formula is C9H17NO4. The lowest BCUT2D eigenvalue weighted by molar-refractivity contribution is -0.145. The first-order chi connectivity index (χ1) is 6.57. The van der Waals surface area contributed by atoms with E-state index < -0.39 is 5.97 Å². The van der Waals surface area contributed by atoms with Gasteiger partial charge >= 0.3 is 11.9 Å². The number of hydrogen-bond donors (Lipinski definition) is 2. The zero-order chi connectivity index (χ0) is 11.0. The van der Waals surface area contributed by atoms with Gasteiger partial charge in [-0.15, -0.1) is 0 Å². The Labute approximate surface area is 83.4 Å². The molecule has 14 heavy (non-hydrogen) atoms. The largest absolute Gasteiger partial charge is 0.481 e. The van der Waals surface area contributed by atoms with Gasteiger partial charge in [0.05, 0.1) is 6.61 Å². The van der Waals surface area contributed by atoms with E-state index in [4.69, 9.17) is 9.84 Å². The van der Waals surface area contributed by atoms with Gasteiger partial charge in [-0.3, -0.25) is 9.59 Å². The van der Waals surface area contributed by atoms with E-state index in [1.54, 1.807) is 13.8 Å². The van der Waals surface area contributed by atoms with E-state index in [9.17, 15) is 9.59 Å². The molecule has 0 heterocycles. The van der Waals surface area contributed by atoms with Crippen molar-refractivity contribution in [3.05, 3.63) is 0 Å². The van der Waals surface area contributed by atoms with Crippen molar-refractivity contribution in [2.45, 2.75) is 32.7 Å². The smallest absolute Gasteiger partial charge is 0.322 e. The molecule has 1 atom stereocenters. The van der Waals surface area contributed by atoms with Crippen molar-refractivity contribution in [2.75, 3.05) is 13.2 Å². The van der Waals surface area contributed by atoms with Crippen LogP contribution in [0.2, 0.25) is 0 Å². The Morgan fingerprint density at radius 1 is 1.50 bits per heavy atom. The third kappa shape index (κ3) is 6.42. The van der Waals surface area contributed by atoms with Crippen molar-refractivity contribution in [1.29, 1.82) is 0 Å². The summed E-state index contributed by atoms with van der Waals surface area (Å²) in [5.74, 6) is -1.13. The fourth-order valence-corrected chi connectivity index (χ4v) is 0.909. The van der Waals surface area contributed by atoms with Crippen LogP contribution >= 0.6 is 0 Å². The lowest BCUT2D eigenvalue weighted by atomic mass is 10.3. The molecule has 5 nitrogen and oxygen atoms in total. The average Bonchev–Trinajstić information content (AvgIpc) is 2.12. The third-order valence-corrected chi connectivity index (χ3v) is 1.66. The van der Waals surface area contributed by atoms with Crippen LogP contribution in [0.3, 0.4) is 0 Å². The molecule has 0 aliphatic heterocycles. The van der Waals surface area contributed by atoms with E-state index in [-0.39, 0.29) is 18.4 Å². The molecule has 0 saturated carbocycles. The van der Waals surface area contributed by atoms with Gasteiger partial charge in [0.2, 0.25) is 0 Å². The van der Waals surface area contributed by atoms with Crippen LogP contribution in [0.4, 0.5) is 0 Å². The fraction of sp³-hybridized carbons (Fsp3) is 0.778. The van der Waals surface area contributed by atoms with Crippen LogP contribution in [0.5, 0.6) is 0 Å². The maximum Gasteiger partial charge on any atom is 0.322 e. The molecule has 0 aromatic heterocycles. The van der Waals surface area contributed by atoms with Gasteiger partial charge in [0, 0.05) is 6.42 Å². The highest BCUT2D eigenvalue weighted by atomic mass is 16.5. The number of carbonyl (C=O) groups is 2. The van der Waals surface area contributed by atoms with Gasteiger partial charge < -0.3 is 15.2 Å². The van der Waals surface area contributed by atoms with Crippen LogP contribution in [0.1, 0.15) is 26.7 Å². The predicted molar refractivity (Wildman–Crippen MR) is 51.0 cm³/mol. The maximum absolute atomic E-state index is 11.1. The SMILES string of the molecule is CCOC(=O)C(C)NCCCC(=O)O. The molecule has 0 spiro atoms. The number of aliphatic carboxylic acids is 1. The van der Waals surface area contributed by atoms with Crippen LogP contribution in [0, 0.1) is 0 Å². The van der Waals surface area contributed by atoms with E-state index in [0.29, 0.717) is 19.6 Å². The van der Waals surface area contributed by atoms with E-state index in [2.05, 4.69) is 5.32 Å². The second kappa shape index (κ2) is 7.32. The summed E-state index contributed by atoms with van der Waals surface area (Å²) >= 11 is 0. The number of esters is 1. The van der Waals surface area contributed by atoms with Crippen molar-refractivity contribution in [3.63, 3.8) is 0 Å². The molecule has 82 valence electrons. The Hall–Kier alpha value is -1.10. The number of hydrogen-bond acceptors (Lipinski definition) is 4. The first-order valence-corrected chi connectivity index (χ1v) is 4.69. The van der Waals surface area contributed by atoms with Crippen LogP contribution in [0.25, 0.3) is 0 Å². The van der Waals surface area contributed by atoms with Crippen molar-refractivity contribution >= 4 is 11.9 Å². The summed E-state index contributed by atoms with van der Waals surface area (Å²) in [7, 11) is 0. The van der Waals surface area contributed by atoms with Crippen molar-refractivity contribution in [3.8, 4) is 0 Å². The molecule has 0 fully saturated rings. The summed E-state index contributed by atoms with van der Waals surface area (Å²) in [6.45, 7) is 4.31. The second-order valence-electron chi connectivity index (χ2n) is 2.93. The minimum atomic E-state index is -0.824. The topological polar surface area (TPSA) is 75.6 Å². The molecule has 0 bridgehead atoms. The zero-order valence-electron chi connectivity index (χ0n) is 8.58. The second-order valence-corrected chi connectivity index (χ2v) is 2.93. The van der Waals surface area contributed by atoms with Crippen molar-refractivity contribution in [2.24, 2.45) is 0 Å². The monoisotopic (exact) mass is 203 g/mol. The molecule has 0 radical (unpaired) electrons. The molecule has 1 unspecified atom stereocenters. The Kier molecular flexibility index (Phi) is 6.74. The van der Waals surface area contributed by atoms with E-state index in [1.165, 1.54) is 0 Å². The average molecular weight is 203 g/mol. The van der Waals surface area contributed by atoms with Crippen LogP contribution < -0.4 is 5.32 Å². The standard InChI is InChI=1S/C9H17NO4/c1-3-14-9(13)7(2)10-6-4-5-8(11)12/h7,10H,3-6H2,1-2H3,(H,11,12). The number of nitrogens with one attached hydrogen (secondary N) is 1. The number of carboxylic acid groups (broad SMARTS) is 1. The minimum Gasteiger partial charge on any atom is -0.481 e. The lowest BCUT2D eigenvalue weighted by Gasteiger charge is -2.11. The lowest BCUT2D eigenvalue weighted by Crippen LogP contribution is -2.36. The van der Waals surface area contributed by atoms with Gasteiger partial charge in [-0.1, -0.05) is 0 Å². The normalized spacial score (nSPS) is 12.1. The Morgan fingerprint density at radius 2 is 2.14 bits per heavy atom. The van der Waals surface area contributed by atoms with Gasteiger partial charge in [0.15, 0.2) is 0 Å². The number of carboxylic acids is 1. The van der Waals surface area contributed by atoms with Crippen LogP contribution in [-0.4, -0.2) is 36.2 Å². The van der Waals surface area contributed by atoms with E-state index in [1.807, 2.05) is 0 Å². The number of ether oxygens (including phenoxy) is 1. The van der Waals surface area contributed by atoms with Gasteiger partial charge in [-0.05, 0) is 26.8 Å². The Morgan fingerprint density at radius 3 is 2.64 bits per heavy atom. The molecule has 5 heteroatoms. The van der Waals surface area contributed by atoms with Gasteiger partial charge in [0.25, 0.3) is 0 Å². The highest BCUT2D eigenvalue weighted by molar-refractivity contribution is 5.75. The van der Waals surface area contributed by atoms with E-state index in [0.717, 1.165) is 0 Å². The van der Waals surface area contributed by atoms with Crippen molar-refractivity contribution < 1.29 is 19.4 Å². The third-order valence-electron chi connectivity index (χ3n) is 1.66. The predicted octanol–water partition coefficient (Wildman–Crippen LogP) is 0.392. The van der Waals surface area contributed by atoms with Gasteiger partial charge in [0.1, 0.15) is 6.04 Å². The molecule has 0 aromatic carbocycles. The Balaban J connectivity index is 3.48. The highest BCUT2D eigenvalue weighted by Crippen LogP contribution is 1.91. The molecule has 0 rings (SSSR count). The van der Waals surface area contributed by atoms with Gasteiger partial charge in [-0.2, -0.15) is 0 Å². The number of rotatable bonds is 7. The summed E-state index contributed by atoms with van der Waals surface area (Å²) in [4.78, 5) is 21.2. The molecule has 2 N–H and O–H groups in total. The number of carbonyl (C=O) groups excluding carboxylic acids is 1. The highest BCUT2D eigenvalue weighted by Gasteiger charge is 2.12. The summed E-state index contributed by atoms with van der Waals surface area (Å²) in [5.41, 5.74) is 0. The van der Waals surface area contributed by atoms with Crippen LogP contribution in [-0.2, 0) is 14.3 Å². The van der Waals surface area contributed by atoms with Crippen LogP contribution in [0.15, 0.2) is 0 Å². The molecule has 0 aliphatic rings. The molecule has 0 aromatic rings. The first kappa shape index (κ1) is 12.9.